The number of fused-ring (bicyclic) bond motifs is 1. The number of anilines is 4. The van der Waals surface area contributed by atoms with Crippen LogP contribution in [0.2, 0.25) is 0 Å². The van der Waals surface area contributed by atoms with E-state index in [9.17, 15) is 18.0 Å². The fourth-order valence-corrected chi connectivity index (χ4v) is 4.61. The average Bonchev–Trinajstić information content (AvgIpc) is 2.95. The number of hydrogen-bond acceptors (Lipinski definition) is 7. The van der Waals surface area contributed by atoms with Crippen LogP contribution < -0.4 is 20.0 Å². The van der Waals surface area contributed by atoms with E-state index in [1.165, 1.54) is 11.3 Å². The number of amides is 1. The van der Waals surface area contributed by atoms with Gasteiger partial charge in [0.05, 0.1) is 6.54 Å². The Labute approximate surface area is 230 Å². The van der Waals surface area contributed by atoms with Gasteiger partial charge in [0.1, 0.15) is 18.1 Å². The number of carboxylic acids is 1. The maximum absolute atomic E-state index is 13.4. The summed E-state index contributed by atoms with van der Waals surface area (Å²) in [5.41, 5.74) is 4.34. The molecule has 1 aromatic heterocycles. The van der Waals surface area contributed by atoms with Gasteiger partial charge in [0.2, 0.25) is 5.91 Å². The summed E-state index contributed by atoms with van der Waals surface area (Å²) in [5.74, 6) is -1.11. The molecule has 0 spiro atoms. The maximum atomic E-state index is 13.4. The van der Waals surface area contributed by atoms with Crippen LogP contribution in [-0.4, -0.2) is 65.3 Å². The molecule has 2 aliphatic rings. The van der Waals surface area contributed by atoms with E-state index in [-0.39, 0.29) is 11.9 Å². The molecule has 2 aliphatic heterocycles. The molecule has 1 saturated heterocycles. The second kappa shape index (κ2) is 12.2. The Hall–Kier alpha value is -4.35. The number of rotatable bonds is 5. The molecular weight excluding hydrogens is 525 g/mol. The summed E-state index contributed by atoms with van der Waals surface area (Å²) in [5, 5.41) is 10.5. The molecule has 0 aliphatic carbocycles. The third-order valence-electron chi connectivity index (χ3n) is 6.76. The minimum Gasteiger partial charge on any atom is -0.475 e. The number of benzene rings is 2. The van der Waals surface area contributed by atoms with E-state index in [0.29, 0.717) is 13.0 Å². The Bertz CT molecular complexity index is 1310. The van der Waals surface area contributed by atoms with Gasteiger partial charge in [0.15, 0.2) is 11.6 Å². The second-order valence-electron chi connectivity index (χ2n) is 9.52. The Balaban J connectivity index is 0.000000470. The SMILES string of the molecule is CCC1Nc2ncnc(N3CCN(c4ccccc4)CC3)c2N(Cc2ccc(C)cc2)C1=O.O=C(O)C(F)(F)F. The molecule has 0 bridgehead atoms. The summed E-state index contributed by atoms with van der Waals surface area (Å²) >= 11 is 0. The van der Waals surface area contributed by atoms with Crippen molar-refractivity contribution in [1.29, 1.82) is 0 Å². The van der Waals surface area contributed by atoms with Crippen LogP contribution in [0.3, 0.4) is 0 Å². The summed E-state index contributed by atoms with van der Waals surface area (Å²) in [6.07, 6.45) is -2.77. The van der Waals surface area contributed by atoms with Gasteiger partial charge in [-0.05, 0) is 31.0 Å². The van der Waals surface area contributed by atoms with Crippen LogP contribution in [0.5, 0.6) is 0 Å². The van der Waals surface area contributed by atoms with Crippen molar-refractivity contribution < 1.29 is 27.9 Å². The van der Waals surface area contributed by atoms with Crippen LogP contribution in [0.15, 0.2) is 60.9 Å². The number of carbonyl (C=O) groups is 2. The number of carbonyl (C=O) groups excluding carboxylic acids is 1. The fraction of sp³-hybridized carbons (Fsp3) is 0.357. The Morgan fingerprint density at radius 1 is 1.00 bits per heavy atom. The predicted molar refractivity (Wildman–Crippen MR) is 147 cm³/mol. The first kappa shape index (κ1) is 28.7. The molecule has 3 aromatic rings. The first-order valence-electron chi connectivity index (χ1n) is 12.9. The molecule has 3 heterocycles. The van der Waals surface area contributed by atoms with E-state index >= 15 is 0 Å². The normalized spacial score (nSPS) is 17.0. The van der Waals surface area contributed by atoms with E-state index in [0.717, 1.165) is 49.1 Å². The lowest BCUT2D eigenvalue weighted by Gasteiger charge is -2.40. The van der Waals surface area contributed by atoms with Gasteiger partial charge in [-0.15, -0.1) is 0 Å². The largest absolute Gasteiger partial charge is 0.490 e. The zero-order valence-electron chi connectivity index (χ0n) is 22.2. The van der Waals surface area contributed by atoms with Crippen molar-refractivity contribution in [2.45, 2.75) is 39.0 Å². The van der Waals surface area contributed by atoms with Crippen LogP contribution in [0.25, 0.3) is 0 Å². The van der Waals surface area contributed by atoms with Crippen molar-refractivity contribution in [3.05, 3.63) is 72.1 Å². The Morgan fingerprint density at radius 3 is 2.17 bits per heavy atom. The highest BCUT2D eigenvalue weighted by Gasteiger charge is 2.38. The van der Waals surface area contributed by atoms with E-state index < -0.39 is 12.1 Å². The molecule has 40 heavy (non-hydrogen) atoms. The third kappa shape index (κ3) is 6.61. The van der Waals surface area contributed by atoms with Gasteiger partial charge in [-0.3, -0.25) is 9.69 Å². The third-order valence-corrected chi connectivity index (χ3v) is 6.76. The van der Waals surface area contributed by atoms with Gasteiger partial charge in [0, 0.05) is 31.9 Å². The summed E-state index contributed by atoms with van der Waals surface area (Å²) in [4.78, 5) is 38.1. The molecule has 2 aromatic carbocycles. The van der Waals surface area contributed by atoms with Crippen molar-refractivity contribution in [2.75, 3.05) is 46.2 Å². The van der Waals surface area contributed by atoms with E-state index in [1.807, 2.05) is 17.9 Å². The van der Waals surface area contributed by atoms with Crippen molar-refractivity contribution in [2.24, 2.45) is 0 Å². The standard InChI is InChI=1S/C26H30N6O.C2HF3O2/c1-3-22-26(33)32(17-20-11-9-19(2)10-12-20)23-24(29-22)27-18-28-25(23)31-15-13-30(14-16-31)21-7-5-4-6-8-21;3-2(4,5)1(6)7/h4-12,18,22H,3,13-17H2,1-2H3,(H,27,28,29);(H,6,7). The van der Waals surface area contributed by atoms with Crippen LogP contribution in [-0.2, 0) is 16.1 Å². The van der Waals surface area contributed by atoms with E-state index in [1.54, 1.807) is 6.33 Å². The number of hydrogen-bond donors (Lipinski definition) is 2. The van der Waals surface area contributed by atoms with Gasteiger partial charge in [-0.1, -0.05) is 55.0 Å². The lowest BCUT2D eigenvalue weighted by atomic mass is 10.1. The van der Waals surface area contributed by atoms with Crippen LogP contribution >= 0.6 is 0 Å². The molecular formula is C28H31F3N6O3. The molecule has 2 N–H and O–H groups in total. The number of aryl methyl sites for hydroxylation is 1. The summed E-state index contributed by atoms with van der Waals surface area (Å²) in [7, 11) is 0. The molecule has 12 heteroatoms. The molecule has 0 radical (unpaired) electrons. The number of carboxylic acid groups (broad SMARTS) is 1. The van der Waals surface area contributed by atoms with Crippen LogP contribution in [0.1, 0.15) is 24.5 Å². The molecule has 1 atom stereocenters. The second-order valence-corrected chi connectivity index (χ2v) is 9.52. The summed E-state index contributed by atoms with van der Waals surface area (Å²) in [6, 6.07) is 18.6. The molecule has 9 nitrogen and oxygen atoms in total. The summed E-state index contributed by atoms with van der Waals surface area (Å²) in [6.45, 7) is 8.08. The average molecular weight is 557 g/mol. The first-order chi connectivity index (χ1) is 19.1. The molecule has 1 fully saturated rings. The predicted octanol–water partition coefficient (Wildman–Crippen LogP) is 4.48. The highest BCUT2D eigenvalue weighted by molar-refractivity contribution is 6.06. The van der Waals surface area contributed by atoms with Gasteiger partial charge in [-0.25, -0.2) is 14.8 Å². The highest BCUT2D eigenvalue weighted by atomic mass is 19.4. The van der Waals surface area contributed by atoms with Crippen LogP contribution in [0, 0.1) is 6.92 Å². The van der Waals surface area contributed by atoms with Gasteiger partial charge >= 0.3 is 12.1 Å². The maximum Gasteiger partial charge on any atom is 0.490 e. The topological polar surface area (TPSA) is 102 Å². The van der Waals surface area contributed by atoms with Gasteiger partial charge < -0.3 is 20.2 Å². The van der Waals surface area contributed by atoms with Crippen molar-refractivity contribution in [3.63, 3.8) is 0 Å². The quantitative estimate of drug-likeness (QED) is 0.475. The first-order valence-corrected chi connectivity index (χ1v) is 12.9. The Morgan fingerprint density at radius 2 is 1.60 bits per heavy atom. The van der Waals surface area contributed by atoms with Crippen molar-refractivity contribution >= 4 is 34.9 Å². The zero-order valence-corrected chi connectivity index (χ0v) is 22.2. The number of aliphatic carboxylic acids is 1. The molecule has 1 amide bonds. The lowest BCUT2D eigenvalue weighted by molar-refractivity contribution is -0.192. The lowest BCUT2D eigenvalue weighted by Crippen LogP contribution is -2.50. The molecule has 5 rings (SSSR count). The number of piperazine rings is 1. The number of nitrogens with zero attached hydrogens (tertiary/aromatic N) is 5. The number of nitrogens with one attached hydrogen (secondary N) is 1. The molecule has 212 valence electrons. The molecule has 1 unspecified atom stereocenters. The van der Waals surface area contributed by atoms with Crippen LogP contribution in [0.4, 0.5) is 36.2 Å². The summed E-state index contributed by atoms with van der Waals surface area (Å²) < 4.78 is 31.7. The highest BCUT2D eigenvalue weighted by Crippen LogP contribution is 2.39. The van der Waals surface area contributed by atoms with Gasteiger partial charge in [0.25, 0.3) is 0 Å². The number of aromatic nitrogens is 2. The minimum atomic E-state index is -5.08. The Kier molecular flexibility index (Phi) is 8.76. The zero-order chi connectivity index (χ0) is 28.9. The number of alkyl halides is 3. The molecule has 0 saturated carbocycles. The fourth-order valence-electron chi connectivity index (χ4n) is 4.61. The van der Waals surface area contributed by atoms with E-state index in [2.05, 4.69) is 80.5 Å². The van der Waals surface area contributed by atoms with Crippen molar-refractivity contribution in [3.8, 4) is 0 Å². The van der Waals surface area contributed by atoms with Crippen molar-refractivity contribution in [1.82, 2.24) is 9.97 Å². The van der Waals surface area contributed by atoms with E-state index in [4.69, 9.17) is 9.90 Å². The monoisotopic (exact) mass is 556 g/mol. The smallest absolute Gasteiger partial charge is 0.475 e. The number of para-hydroxylation sites is 1. The minimum absolute atomic E-state index is 0.0737. The number of halogens is 3. The van der Waals surface area contributed by atoms with Gasteiger partial charge in [-0.2, -0.15) is 13.2 Å².